The van der Waals surface area contributed by atoms with Gasteiger partial charge in [-0.1, -0.05) is 89.5 Å². The fraction of sp³-hybridized carbons (Fsp3) is 0.630. The third-order valence-corrected chi connectivity index (χ3v) is 14.7. The summed E-state index contributed by atoms with van der Waals surface area (Å²) in [6.07, 6.45) is 29.2. The van der Waals surface area contributed by atoms with Crippen LogP contribution >= 0.6 is 31.9 Å². The minimum Gasteiger partial charge on any atom is -0.494 e. The van der Waals surface area contributed by atoms with Gasteiger partial charge < -0.3 is 18.9 Å². The molecule has 62 heavy (non-hydrogen) atoms. The zero-order valence-electron chi connectivity index (χ0n) is 38.1. The van der Waals surface area contributed by atoms with Crippen LogP contribution in [0.25, 0.3) is 0 Å². The molecule has 0 unspecified atom stereocenters. The summed E-state index contributed by atoms with van der Waals surface area (Å²) in [5.41, 5.74) is 3.67. The van der Waals surface area contributed by atoms with E-state index in [1.165, 1.54) is 114 Å². The topological polar surface area (TPSA) is 71.1 Å². The summed E-state index contributed by atoms with van der Waals surface area (Å²) in [6.45, 7) is 6.63. The molecular weight excluding hydrogens is 904 g/mol. The van der Waals surface area contributed by atoms with Crippen molar-refractivity contribution < 1.29 is 28.5 Å². The van der Waals surface area contributed by atoms with Crippen LogP contribution in [0.2, 0.25) is 0 Å². The molecule has 3 aromatic rings. The fourth-order valence-electron chi connectivity index (χ4n) is 9.45. The molecule has 2 saturated carbocycles. The Bertz CT molecular complexity index is 1580. The van der Waals surface area contributed by atoms with Gasteiger partial charge in [-0.2, -0.15) is 0 Å². The van der Waals surface area contributed by atoms with Crippen LogP contribution in [0.5, 0.6) is 11.5 Å². The second-order valence-electron chi connectivity index (χ2n) is 18.2. The van der Waals surface area contributed by atoms with Crippen LogP contribution in [0, 0.1) is 11.8 Å². The SMILES string of the molecule is CCCCCC1CCC(c2ccc(OCCCCCCOC(=O)c3cc(Br)c(C(=O)OCCCCCCOc4ccc(C5CCC(CCCCC)CC5)cc4)cc3Br)cc2)CC1. The smallest absolute Gasteiger partial charge is 0.339 e. The lowest BCUT2D eigenvalue weighted by Crippen LogP contribution is -2.13. The number of ether oxygens (including phenoxy) is 4. The molecule has 0 aliphatic heterocycles. The Morgan fingerprint density at radius 3 is 1.18 bits per heavy atom. The van der Waals surface area contributed by atoms with E-state index in [1.54, 1.807) is 12.1 Å². The van der Waals surface area contributed by atoms with E-state index in [2.05, 4.69) is 94.2 Å². The number of rotatable bonds is 28. The molecule has 0 bridgehead atoms. The van der Waals surface area contributed by atoms with Gasteiger partial charge in [0.15, 0.2) is 0 Å². The van der Waals surface area contributed by atoms with Gasteiger partial charge in [0.1, 0.15) is 11.5 Å². The Hall–Kier alpha value is -2.84. The first-order valence-electron chi connectivity index (χ1n) is 24.6. The molecule has 2 aliphatic rings. The summed E-state index contributed by atoms with van der Waals surface area (Å²) in [4.78, 5) is 25.7. The second-order valence-corrected chi connectivity index (χ2v) is 19.9. The molecule has 5 rings (SSSR count). The van der Waals surface area contributed by atoms with Gasteiger partial charge in [-0.15, -0.1) is 0 Å². The Kier molecular flexibility index (Phi) is 23.3. The summed E-state index contributed by atoms with van der Waals surface area (Å²) < 4.78 is 24.2. The van der Waals surface area contributed by atoms with Gasteiger partial charge >= 0.3 is 11.9 Å². The van der Waals surface area contributed by atoms with Gasteiger partial charge in [-0.05, 0) is 206 Å². The van der Waals surface area contributed by atoms with Crippen molar-refractivity contribution in [2.75, 3.05) is 26.4 Å². The number of hydrogen-bond donors (Lipinski definition) is 0. The second kappa shape index (κ2) is 28.8. The molecule has 0 heterocycles. The molecule has 0 aromatic heterocycles. The molecule has 3 aromatic carbocycles. The minimum absolute atomic E-state index is 0.342. The Balaban J connectivity index is 0.864. The summed E-state index contributed by atoms with van der Waals surface area (Å²) >= 11 is 6.93. The molecule has 342 valence electrons. The molecule has 6 nitrogen and oxygen atoms in total. The molecule has 2 fully saturated rings. The van der Waals surface area contributed by atoms with Crippen LogP contribution in [-0.2, 0) is 9.47 Å². The standard InChI is InChI=1S/C54H76Br2O6/c1-3-5-11-17-41-19-23-43(24-20-41)45-27-31-47(32-28-45)59-35-13-7-9-15-37-61-53(57)49-39-52(56)50(40-51(49)55)54(58)62-38-16-10-8-14-36-60-48-33-29-46(30-34-48)44-25-21-42(22-26-44)18-12-6-4-2/h27-34,39-44H,3-26,35-38H2,1-2H3. The van der Waals surface area contributed by atoms with Gasteiger partial charge in [-0.3, -0.25) is 0 Å². The highest BCUT2D eigenvalue weighted by Crippen LogP contribution is 2.39. The van der Waals surface area contributed by atoms with Crippen molar-refractivity contribution >= 4 is 43.8 Å². The van der Waals surface area contributed by atoms with Crippen LogP contribution < -0.4 is 9.47 Å². The number of esters is 2. The van der Waals surface area contributed by atoms with Crippen molar-refractivity contribution in [3.05, 3.63) is 91.9 Å². The molecule has 8 heteroatoms. The van der Waals surface area contributed by atoms with E-state index >= 15 is 0 Å². The number of unbranched alkanes of at least 4 members (excludes halogenated alkanes) is 10. The number of carbonyl (C=O) groups is 2. The van der Waals surface area contributed by atoms with Gasteiger partial charge in [0.25, 0.3) is 0 Å². The maximum absolute atomic E-state index is 12.9. The zero-order chi connectivity index (χ0) is 43.8. The maximum Gasteiger partial charge on any atom is 0.339 e. The lowest BCUT2D eigenvalue weighted by Gasteiger charge is -2.29. The van der Waals surface area contributed by atoms with Crippen molar-refractivity contribution in [3.63, 3.8) is 0 Å². The van der Waals surface area contributed by atoms with E-state index in [0.29, 0.717) is 58.3 Å². The number of halogens is 2. The van der Waals surface area contributed by atoms with Gasteiger partial charge in [0.05, 0.1) is 37.6 Å². The van der Waals surface area contributed by atoms with Crippen molar-refractivity contribution in [3.8, 4) is 11.5 Å². The first kappa shape index (κ1) is 50.2. The van der Waals surface area contributed by atoms with Crippen molar-refractivity contribution in [1.29, 1.82) is 0 Å². The van der Waals surface area contributed by atoms with Crippen molar-refractivity contribution in [2.24, 2.45) is 11.8 Å². The van der Waals surface area contributed by atoms with Crippen LogP contribution in [0.4, 0.5) is 0 Å². The predicted octanol–water partition coefficient (Wildman–Crippen LogP) is 16.5. The lowest BCUT2D eigenvalue weighted by molar-refractivity contribution is 0.0481. The summed E-state index contributed by atoms with van der Waals surface area (Å²) in [7, 11) is 0. The highest BCUT2D eigenvalue weighted by atomic mass is 79.9. The molecule has 0 spiro atoms. The highest BCUT2D eigenvalue weighted by molar-refractivity contribution is 9.11. The van der Waals surface area contributed by atoms with Crippen LogP contribution in [0.3, 0.4) is 0 Å². The Morgan fingerprint density at radius 1 is 0.468 bits per heavy atom. The Labute approximate surface area is 391 Å². The van der Waals surface area contributed by atoms with Gasteiger partial charge in [0.2, 0.25) is 0 Å². The van der Waals surface area contributed by atoms with Gasteiger partial charge in [-0.25, -0.2) is 9.59 Å². The number of carbonyl (C=O) groups excluding carboxylic acids is 2. The first-order chi connectivity index (χ1) is 30.3. The lowest BCUT2D eigenvalue weighted by atomic mass is 9.77. The quantitative estimate of drug-likeness (QED) is 0.0533. The molecule has 2 aliphatic carbocycles. The normalized spacial score (nSPS) is 18.9. The largest absolute Gasteiger partial charge is 0.494 e. The molecule has 0 atom stereocenters. The molecule has 0 radical (unpaired) electrons. The minimum atomic E-state index is -0.421. The Morgan fingerprint density at radius 2 is 0.823 bits per heavy atom. The third kappa shape index (κ3) is 17.6. The predicted molar refractivity (Wildman–Crippen MR) is 261 cm³/mol. The third-order valence-electron chi connectivity index (χ3n) is 13.4. The van der Waals surface area contributed by atoms with E-state index in [-0.39, 0.29) is 0 Å². The summed E-state index contributed by atoms with van der Waals surface area (Å²) in [5, 5.41) is 0. The highest BCUT2D eigenvalue weighted by Gasteiger charge is 2.24. The monoisotopic (exact) mass is 978 g/mol. The molecule has 0 N–H and O–H groups in total. The molecular formula is C54H76Br2O6. The van der Waals surface area contributed by atoms with E-state index in [4.69, 9.17) is 18.9 Å². The van der Waals surface area contributed by atoms with Crippen LogP contribution in [0.15, 0.2) is 69.6 Å². The zero-order valence-corrected chi connectivity index (χ0v) is 41.3. The summed E-state index contributed by atoms with van der Waals surface area (Å²) in [6, 6.07) is 20.8. The average Bonchev–Trinajstić information content (AvgIpc) is 3.29. The average molecular weight is 981 g/mol. The van der Waals surface area contributed by atoms with Crippen LogP contribution in [-0.4, -0.2) is 38.4 Å². The van der Waals surface area contributed by atoms with Crippen molar-refractivity contribution in [1.82, 2.24) is 0 Å². The number of benzene rings is 3. The molecule has 0 amide bonds. The first-order valence-corrected chi connectivity index (χ1v) is 26.2. The van der Waals surface area contributed by atoms with E-state index in [1.807, 2.05) is 0 Å². The fourth-order valence-corrected chi connectivity index (χ4v) is 10.5. The maximum atomic E-state index is 12.9. The van der Waals surface area contributed by atoms with Crippen molar-refractivity contribution in [2.45, 2.75) is 180 Å². The molecule has 0 saturated heterocycles. The van der Waals surface area contributed by atoms with E-state index in [0.717, 1.165) is 74.7 Å². The van der Waals surface area contributed by atoms with Gasteiger partial charge in [0, 0.05) is 8.95 Å². The van der Waals surface area contributed by atoms with E-state index < -0.39 is 11.9 Å². The summed E-state index contributed by atoms with van der Waals surface area (Å²) in [5.74, 6) is 4.31. The van der Waals surface area contributed by atoms with Crippen LogP contribution in [0.1, 0.15) is 212 Å². The van der Waals surface area contributed by atoms with E-state index in [9.17, 15) is 9.59 Å². The number of hydrogen-bond acceptors (Lipinski definition) is 6.